The Morgan fingerprint density at radius 1 is 0.304 bits per heavy atom. The maximum atomic E-state index is 6.99. The molecule has 0 saturated heterocycles. The molecule has 0 aliphatic carbocycles. The van der Waals surface area contributed by atoms with Gasteiger partial charge in [0, 0.05) is 44.7 Å². The Kier molecular flexibility index (Phi) is 6.10. The van der Waals surface area contributed by atoms with Crippen molar-refractivity contribution in [1.82, 2.24) is 0 Å². The highest BCUT2D eigenvalue weighted by Gasteiger charge is 2.23. The second-order valence-corrected chi connectivity index (χ2v) is 11.4. The van der Waals surface area contributed by atoms with Crippen LogP contribution in [0.4, 0.5) is 34.1 Å². The molecule has 0 aliphatic heterocycles. The summed E-state index contributed by atoms with van der Waals surface area (Å²) in [7, 11) is 0. The second kappa shape index (κ2) is 10.7. The van der Waals surface area contributed by atoms with Crippen molar-refractivity contribution in [1.29, 1.82) is 0 Å². The molecule has 0 amide bonds. The van der Waals surface area contributed by atoms with Crippen molar-refractivity contribution in [3.05, 3.63) is 170 Å². The van der Waals surface area contributed by atoms with Gasteiger partial charge in [-0.15, -0.1) is 0 Å². The van der Waals surface area contributed by atoms with Crippen molar-refractivity contribution in [2.24, 2.45) is 0 Å². The number of furan rings is 2. The lowest BCUT2D eigenvalue weighted by Crippen LogP contribution is -2.10. The molecule has 218 valence electrons. The summed E-state index contributed by atoms with van der Waals surface area (Å²) >= 11 is 0. The molecule has 0 spiro atoms. The van der Waals surface area contributed by atoms with E-state index in [1.807, 2.05) is 30.3 Å². The second-order valence-electron chi connectivity index (χ2n) is 11.4. The van der Waals surface area contributed by atoms with Crippen LogP contribution in [0.2, 0.25) is 0 Å². The molecule has 4 nitrogen and oxygen atoms in total. The van der Waals surface area contributed by atoms with E-state index in [2.05, 4.69) is 149 Å². The van der Waals surface area contributed by atoms with Gasteiger partial charge < -0.3 is 18.6 Å². The summed E-state index contributed by atoms with van der Waals surface area (Å²) in [5.74, 6) is 0. The lowest BCUT2D eigenvalue weighted by atomic mass is 10.1. The predicted octanol–water partition coefficient (Wildman–Crippen LogP) is 12.4. The molecule has 0 radical (unpaired) electrons. The highest BCUT2D eigenvalue weighted by atomic mass is 16.3. The van der Waals surface area contributed by atoms with Crippen LogP contribution in [0.15, 0.2) is 179 Å². The number of para-hydroxylation sites is 6. The van der Waals surface area contributed by atoms with Gasteiger partial charge in [0.15, 0.2) is 11.2 Å². The van der Waals surface area contributed by atoms with E-state index in [1.165, 1.54) is 0 Å². The Bertz CT molecular complexity index is 2440. The molecule has 7 aromatic carbocycles. The van der Waals surface area contributed by atoms with Gasteiger partial charge in [-0.25, -0.2) is 0 Å². The minimum Gasteiger partial charge on any atom is -0.456 e. The number of fused-ring (bicyclic) bond motifs is 6. The van der Waals surface area contributed by atoms with E-state index in [4.69, 9.17) is 8.83 Å². The third kappa shape index (κ3) is 4.23. The number of hydrogen-bond acceptors (Lipinski definition) is 4. The van der Waals surface area contributed by atoms with Crippen LogP contribution in [-0.4, -0.2) is 0 Å². The van der Waals surface area contributed by atoms with Crippen molar-refractivity contribution >= 4 is 78.0 Å². The van der Waals surface area contributed by atoms with E-state index >= 15 is 0 Å². The summed E-state index contributed by atoms with van der Waals surface area (Å²) in [6.07, 6.45) is 0. The van der Waals surface area contributed by atoms with Crippen molar-refractivity contribution in [2.45, 2.75) is 0 Å². The van der Waals surface area contributed by atoms with Crippen LogP contribution in [0.1, 0.15) is 0 Å². The van der Waals surface area contributed by atoms with Crippen LogP contribution < -0.4 is 9.80 Å². The van der Waals surface area contributed by atoms with Gasteiger partial charge in [-0.3, -0.25) is 0 Å². The Morgan fingerprint density at radius 3 is 1.33 bits per heavy atom. The van der Waals surface area contributed by atoms with E-state index in [0.717, 1.165) is 78.0 Å². The van der Waals surface area contributed by atoms with Crippen LogP contribution in [0.5, 0.6) is 0 Å². The monoisotopic (exact) mass is 592 g/mol. The Morgan fingerprint density at radius 2 is 0.761 bits per heavy atom. The molecule has 0 unspecified atom stereocenters. The molecule has 2 heterocycles. The number of benzene rings is 7. The Hall–Kier alpha value is -6.26. The van der Waals surface area contributed by atoms with Gasteiger partial charge in [0.1, 0.15) is 11.2 Å². The zero-order valence-electron chi connectivity index (χ0n) is 24.9. The van der Waals surface area contributed by atoms with E-state index in [9.17, 15) is 0 Å². The summed E-state index contributed by atoms with van der Waals surface area (Å²) in [6, 6.07) is 58.7. The van der Waals surface area contributed by atoms with Crippen molar-refractivity contribution in [2.75, 3.05) is 9.80 Å². The van der Waals surface area contributed by atoms with Gasteiger partial charge in [0.2, 0.25) is 0 Å². The zero-order valence-corrected chi connectivity index (χ0v) is 24.9. The average Bonchev–Trinajstić information content (AvgIpc) is 3.69. The topological polar surface area (TPSA) is 32.8 Å². The first-order valence-electron chi connectivity index (χ1n) is 15.4. The van der Waals surface area contributed by atoms with Crippen LogP contribution in [0.3, 0.4) is 0 Å². The molecule has 0 fully saturated rings. The van der Waals surface area contributed by atoms with E-state index in [-0.39, 0.29) is 0 Å². The number of rotatable bonds is 6. The van der Waals surface area contributed by atoms with Gasteiger partial charge in [-0.1, -0.05) is 97.1 Å². The lowest BCUT2D eigenvalue weighted by molar-refractivity contribution is 0.667. The van der Waals surface area contributed by atoms with Gasteiger partial charge in [0.25, 0.3) is 0 Å². The largest absolute Gasteiger partial charge is 0.456 e. The molecule has 9 rings (SSSR count). The molecule has 9 aromatic rings. The smallest absolute Gasteiger partial charge is 0.159 e. The van der Waals surface area contributed by atoms with Crippen molar-refractivity contribution in [3.63, 3.8) is 0 Å². The molecule has 4 heteroatoms. The van der Waals surface area contributed by atoms with Crippen LogP contribution in [0, 0.1) is 0 Å². The summed E-state index contributed by atoms with van der Waals surface area (Å²) in [5.41, 5.74) is 9.45. The zero-order chi connectivity index (χ0) is 30.5. The molecule has 0 atom stereocenters. The lowest BCUT2D eigenvalue weighted by Gasteiger charge is -2.25. The highest BCUT2D eigenvalue weighted by Crippen LogP contribution is 2.46. The molecular formula is C42H28N2O2. The van der Waals surface area contributed by atoms with Crippen molar-refractivity contribution < 1.29 is 8.83 Å². The van der Waals surface area contributed by atoms with Crippen LogP contribution >= 0.6 is 0 Å². The Labute approximate surface area is 265 Å². The fraction of sp³-hybridized carbons (Fsp3) is 0. The summed E-state index contributed by atoms with van der Waals surface area (Å²) in [5, 5.41) is 4.33. The summed E-state index contributed by atoms with van der Waals surface area (Å²) in [4.78, 5) is 4.51. The molecule has 2 aromatic heterocycles. The fourth-order valence-corrected chi connectivity index (χ4v) is 6.58. The third-order valence-electron chi connectivity index (χ3n) is 8.63. The summed E-state index contributed by atoms with van der Waals surface area (Å²) in [6.45, 7) is 0. The molecule has 0 N–H and O–H groups in total. The van der Waals surface area contributed by atoms with Gasteiger partial charge in [-0.05, 0) is 66.7 Å². The molecule has 46 heavy (non-hydrogen) atoms. The predicted molar refractivity (Wildman–Crippen MR) is 190 cm³/mol. The number of nitrogens with zero attached hydrogens (tertiary/aromatic N) is 2. The first kappa shape index (κ1) is 26.2. The quantitative estimate of drug-likeness (QED) is 0.192. The minimum absolute atomic E-state index is 0.819. The fourth-order valence-electron chi connectivity index (χ4n) is 6.58. The molecule has 0 saturated carbocycles. The van der Waals surface area contributed by atoms with E-state index < -0.39 is 0 Å². The van der Waals surface area contributed by atoms with Gasteiger partial charge in [-0.2, -0.15) is 0 Å². The number of anilines is 6. The molecule has 0 bridgehead atoms. The standard InChI is InChI=1S/C42H28N2O2/c1-4-14-29(15-5-1)43(30-16-6-2-7-17-30)37-23-12-21-35-36-22-13-24-38(42(36)46-41(35)37)44(31-18-8-3-9-19-31)32-26-27-34-33-20-10-11-25-39(33)45-40(34)28-32/h1-28H. The molecular weight excluding hydrogens is 564 g/mol. The first-order chi connectivity index (χ1) is 22.8. The van der Waals surface area contributed by atoms with Crippen LogP contribution in [-0.2, 0) is 0 Å². The van der Waals surface area contributed by atoms with Gasteiger partial charge >= 0.3 is 0 Å². The maximum Gasteiger partial charge on any atom is 0.159 e. The highest BCUT2D eigenvalue weighted by molar-refractivity contribution is 6.14. The van der Waals surface area contributed by atoms with E-state index in [1.54, 1.807) is 0 Å². The van der Waals surface area contributed by atoms with Crippen LogP contribution in [0.25, 0.3) is 43.9 Å². The normalized spacial score (nSPS) is 11.5. The Balaban J connectivity index is 1.28. The van der Waals surface area contributed by atoms with Crippen molar-refractivity contribution in [3.8, 4) is 0 Å². The van der Waals surface area contributed by atoms with E-state index in [0.29, 0.717) is 0 Å². The molecule has 0 aliphatic rings. The average molecular weight is 593 g/mol. The first-order valence-corrected chi connectivity index (χ1v) is 15.4. The summed E-state index contributed by atoms with van der Waals surface area (Å²) < 4.78 is 13.3. The minimum atomic E-state index is 0.819. The third-order valence-corrected chi connectivity index (χ3v) is 8.63. The number of hydrogen-bond donors (Lipinski definition) is 0. The van der Waals surface area contributed by atoms with Gasteiger partial charge in [0.05, 0.1) is 17.1 Å². The maximum absolute atomic E-state index is 6.99. The SMILES string of the molecule is c1ccc(N(c2ccccc2)c2cccc3c2oc2c(N(c4ccccc4)c4ccc5c(c4)oc4ccccc45)cccc23)cc1.